The Kier molecular flexibility index (Phi) is 7.65. The smallest absolute Gasteiger partial charge is 0.237 e. The van der Waals surface area contributed by atoms with Gasteiger partial charge in [-0.25, -0.2) is 8.42 Å². The number of benzene rings is 2. The van der Waals surface area contributed by atoms with E-state index in [0.717, 1.165) is 5.56 Å². The van der Waals surface area contributed by atoms with E-state index in [1.165, 1.54) is 26.0 Å². The largest absolute Gasteiger partial charge is 0.497 e. The maximum Gasteiger partial charge on any atom is 0.237 e. The highest BCUT2D eigenvalue weighted by Gasteiger charge is 2.23. The molecule has 1 amide bonds. The lowest BCUT2D eigenvalue weighted by atomic mass is 10.2. The van der Waals surface area contributed by atoms with Crippen LogP contribution >= 0.6 is 11.8 Å². The first-order valence-corrected chi connectivity index (χ1v) is 12.5. The van der Waals surface area contributed by atoms with Crippen molar-refractivity contribution < 1.29 is 22.7 Å². The van der Waals surface area contributed by atoms with Crippen molar-refractivity contribution in [3.05, 3.63) is 53.9 Å². The van der Waals surface area contributed by atoms with Crippen LogP contribution < -0.4 is 14.8 Å². The predicted molar refractivity (Wildman–Crippen MR) is 127 cm³/mol. The molecule has 0 saturated heterocycles. The third-order valence-electron chi connectivity index (χ3n) is 4.94. The van der Waals surface area contributed by atoms with Crippen molar-refractivity contribution in [3.63, 3.8) is 0 Å². The van der Waals surface area contributed by atoms with Gasteiger partial charge in [0.25, 0.3) is 0 Å². The van der Waals surface area contributed by atoms with Gasteiger partial charge in [0.1, 0.15) is 23.1 Å². The molecule has 0 fully saturated rings. The summed E-state index contributed by atoms with van der Waals surface area (Å²) < 4.78 is 37.6. The van der Waals surface area contributed by atoms with E-state index in [2.05, 4.69) is 15.5 Å². The van der Waals surface area contributed by atoms with Crippen LogP contribution in [0.5, 0.6) is 11.5 Å². The van der Waals surface area contributed by atoms with E-state index in [1.807, 2.05) is 6.92 Å². The molecule has 9 nitrogen and oxygen atoms in total. The lowest BCUT2D eigenvalue weighted by molar-refractivity contribution is -0.115. The number of sulfone groups is 1. The van der Waals surface area contributed by atoms with Gasteiger partial charge in [0.2, 0.25) is 5.91 Å². The van der Waals surface area contributed by atoms with E-state index in [-0.39, 0.29) is 16.6 Å². The molecule has 3 aromatic rings. The Morgan fingerprint density at radius 3 is 2.45 bits per heavy atom. The van der Waals surface area contributed by atoms with Crippen molar-refractivity contribution in [3.8, 4) is 11.5 Å². The average Bonchev–Trinajstić information content (AvgIpc) is 3.12. The summed E-state index contributed by atoms with van der Waals surface area (Å²) in [5, 5.41) is 10.8. The summed E-state index contributed by atoms with van der Waals surface area (Å²) in [5.74, 6) is 0.813. The summed E-state index contributed by atoms with van der Waals surface area (Å²) >= 11 is 1.18. The van der Waals surface area contributed by atoms with Gasteiger partial charge in [-0.3, -0.25) is 4.79 Å². The number of nitrogens with zero attached hydrogens (tertiary/aromatic N) is 3. The van der Waals surface area contributed by atoms with Gasteiger partial charge in [-0.15, -0.1) is 10.2 Å². The number of hydrogen-bond donors (Lipinski definition) is 1. The fourth-order valence-corrected chi connectivity index (χ4v) is 5.07. The lowest BCUT2D eigenvalue weighted by Gasteiger charge is -2.15. The van der Waals surface area contributed by atoms with E-state index in [9.17, 15) is 13.2 Å². The fourth-order valence-electron chi connectivity index (χ4n) is 2.93. The highest BCUT2D eigenvalue weighted by Crippen LogP contribution is 2.30. The second-order valence-electron chi connectivity index (χ2n) is 7.35. The standard InChI is InChI=1S/C22H26N4O5S2/c1-14-6-9-17(10-7-14)33(28,29)13-20-24-25-22(26(20)3)32-15(2)21(27)23-18-12-16(30-4)8-11-19(18)31-5/h6-12,15H,13H2,1-5H3,(H,23,27). The van der Waals surface area contributed by atoms with Gasteiger partial charge in [0.15, 0.2) is 15.0 Å². The van der Waals surface area contributed by atoms with Gasteiger partial charge in [0, 0.05) is 13.1 Å². The van der Waals surface area contributed by atoms with Crippen molar-refractivity contribution in [1.82, 2.24) is 14.8 Å². The third kappa shape index (κ3) is 5.85. The van der Waals surface area contributed by atoms with Gasteiger partial charge < -0.3 is 19.4 Å². The van der Waals surface area contributed by atoms with Gasteiger partial charge in [-0.05, 0) is 38.1 Å². The molecule has 1 aromatic heterocycles. The molecule has 0 aliphatic heterocycles. The molecule has 1 heterocycles. The highest BCUT2D eigenvalue weighted by molar-refractivity contribution is 8.00. The number of hydrogen-bond acceptors (Lipinski definition) is 8. The number of carbonyl (C=O) groups is 1. The quantitative estimate of drug-likeness (QED) is 0.455. The summed E-state index contributed by atoms with van der Waals surface area (Å²) in [6, 6.07) is 11.8. The number of ether oxygens (including phenoxy) is 2. The zero-order valence-corrected chi connectivity index (χ0v) is 20.7. The summed E-state index contributed by atoms with van der Waals surface area (Å²) in [6.07, 6.45) is 0. The maximum absolute atomic E-state index is 12.8. The Bertz CT molecular complexity index is 1240. The molecule has 11 heteroatoms. The third-order valence-corrected chi connectivity index (χ3v) is 7.70. The molecule has 0 aliphatic carbocycles. The number of amides is 1. The average molecular weight is 491 g/mol. The number of nitrogens with one attached hydrogen (secondary N) is 1. The Morgan fingerprint density at radius 2 is 1.82 bits per heavy atom. The van der Waals surface area contributed by atoms with Gasteiger partial charge in [-0.1, -0.05) is 29.5 Å². The van der Waals surface area contributed by atoms with Gasteiger partial charge in [0.05, 0.1) is 30.1 Å². The van der Waals surface area contributed by atoms with E-state index in [4.69, 9.17) is 9.47 Å². The molecule has 1 atom stereocenters. The zero-order valence-electron chi connectivity index (χ0n) is 19.0. The summed E-state index contributed by atoms with van der Waals surface area (Å²) in [6.45, 7) is 3.62. The van der Waals surface area contributed by atoms with Crippen LogP contribution in [0.15, 0.2) is 52.5 Å². The molecule has 176 valence electrons. The van der Waals surface area contributed by atoms with Crippen molar-refractivity contribution in [1.29, 1.82) is 0 Å². The molecule has 1 N–H and O–H groups in total. The zero-order chi connectivity index (χ0) is 24.2. The van der Waals surface area contributed by atoms with E-state index < -0.39 is 15.1 Å². The summed E-state index contributed by atoms with van der Waals surface area (Å²) in [7, 11) is 1.16. The van der Waals surface area contributed by atoms with Crippen molar-refractivity contribution in [2.45, 2.75) is 34.9 Å². The number of carbonyl (C=O) groups excluding carboxylic acids is 1. The number of anilines is 1. The Hall–Kier alpha value is -3.05. The number of rotatable bonds is 9. The van der Waals surface area contributed by atoms with Crippen LogP contribution in [0.2, 0.25) is 0 Å². The number of thioether (sulfide) groups is 1. The predicted octanol–water partition coefficient (Wildman–Crippen LogP) is 3.23. The molecule has 2 aromatic carbocycles. The molecule has 3 rings (SSSR count). The van der Waals surface area contributed by atoms with Gasteiger partial charge >= 0.3 is 0 Å². The van der Waals surface area contributed by atoms with Crippen LogP contribution in [0.3, 0.4) is 0 Å². The molecular formula is C22H26N4O5S2. The minimum absolute atomic E-state index is 0.227. The maximum atomic E-state index is 12.8. The topological polar surface area (TPSA) is 112 Å². The first kappa shape index (κ1) is 24.6. The molecule has 0 spiro atoms. The number of aryl methyl sites for hydroxylation is 1. The molecule has 0 aliphatic rings. The van der Waals surface area contributed by atoms with E-state index >= 15 is 0 Å². The van der Waals surface area contributed by atoms with Gasteiger partial charge in [-0.2, -0.15) is 0 Å². The van der Waals surface area contributed by atoms with E-state index in [0.29, 0.717) is 28.2 Å². The van der Waals surface area contributed by atoms with Crippen LogP contribution in [0.25, 0.3) is 0 Å². The van der Waals surface area contributed by atoms with Crippen LogP contribution in [0.4, 0.5) is 5.69 Å². The van der Waals surface area contributed by atoms with Crippen LogP contribution in [0, 0.1) is 6.92 Å². The SMILES string of the molecule is COc1ccc(OC)c(NC(=O)C(C)Sc2nnc(CS(=O)(=O)c3ccc(C)cc3)n2C)c1. The second-order valence-corrected chi connectivity index (χ2v) is 10.6. The monoisotopic (exact) mass is 490 g/mol. The Labute approximate surface area is 197 Å². The lowest BCUT2D eigenvalue weighted by Crippen LogP contribution is -2.23. The van der Waals surface area contributed by atoms with Crippen LogP contribution in [-0.2, 0) is 27.4 Å². The molecule has 0 radical (unpaired) electrons. The summed E-state index contributed by atoms with van der Waals surface area (Å²) in [5.41, 5.74) is 1.46. The van der Waals surface area contributed by atoms with Crippen molar-refractivity contribution in [2.24, 2.45) is 7.05 Å². The molecule has 0 bridgehead atoms. The van der Waals surface area contributed by atoms with Crippen LogP contribution in [0.1, 0.15) is 18.3 Å². The Morgan fingerprint density at radius 1 is 1.12 bits per heavy atom. The second kappa shape index (κ2) is 10.3. The van der Waals surface area contributed by atoms with Crippen molar-refractivity contribution in [2.75, 3.05) is 19.5 Å². The first-order valence-electron chi connectivity index (χ1n) is 10.0. The Balaban J connectivity index is 1.71. The normalized spacial score (nSPS) is 12.3. The van der Waals surface area contributed by atoms with Crippen molar-refractivity contribution >= 4 is 33.2 Å². The van der Waals surface area contributed by atoms with E-state index in [1.54, 1.807) is 61.0 Å². The first-order chi connectivity index (χ1) is 15.6. The number of aromatic nitrogens is 3. The van der Waals surface area contributed by atoms with Crippen LogP contribution in [-0.4, -0.2) is 48.6 Å². The minimum atomic E-state index is -3.58. The molecule has 33 heavy (non-hydrogen) atoms. The molecule has 0 saturated carbocycles. The molecule has 1 unspecified atom stereocenters. The summed E-state index contributed by atoms with van der Waals surface area (Å²) in [4.78, 5) is 13.0. The molecular weight excluding hydrogens is 464 g/mol. The highest BCUT2D eigenvalue weighted by atomic mass is 32.2. The minimum Gasteiger partial charge on any atom is -0.497 e. The fraction of sp³-hybridized carbons (Fsp3) is 0.318. The number of methoxy groups -OCH3 is 2.